The van der Waals surface area contributed by atoms with Crippen molar-refractivity contribution < 1.29 is 33.1 Å². The van der Waals surface area contributed by atoms with Gasteiger partial charge < -0.3 is 29.0 Å². The quantitative estimate of drug-likeness (QED) is 0.593. The Labute approximate surface area is 172 Å². The predicted octanol–water partition coefficient (Wildman–Crippen LogP) is 3.03. The third-order valence-corrected chi connectivity index (χ3v) is 4.30. The lowest BCUT2D eigenvalue weighted by molar-refractivity contribution is 0.102. The van der Waals surface area contributed by atoms with E-state index in [-0.39, 0.29) is 11.4 Å². The summed E-state index contributed by atoms with van der Waals surface area (Å²) in [5.74, 6) is 1.81. The highest BCUT2D eigenvalue weighted by molar-refractivity contribution is 6.06. The molecule has 1 heterocycles. The van der Waals surface area contributed by atoms with Gasteiger partial charge in [-0.1, -0.05) is 0 Å². The van der Waals surface area contributed by atoms with Gasteiger partial charge in [0.1, 0.15) is 0 Å². The Hall–Kier alpha value is -3.95. The molecule has 10 nitrogen and oxygen atoms in total. The van der Waals surface area contributed by atoms with Gasteiger partial charge in [-0.05, 0) is 40.6 Å². The van der Waals surface area contributed by atoms with Gasteiger partial charge in [-0.15, -0.1) is 0 Å². The van der Waals surface area contributed by atoms with E-state index in [9.17, 15) is 4.79 Å². The number of carbonyl (C=O) groups is 1. The summed E-state index contributed by atoms with van der Waals surface area (Å²) in [6.07, 6.45) is 0. The van der Waals surface area contributed by atoms with Gasteiger partial charge in [-0.25, -0.2) is 4.63 Å². The van der Waals surface area contributed by atoms with E-state index in [1.807, 2.05) is 0 Å². The van der Waals surface area contributed by atoms with Crippen molar-refractivity contribution in [3.05, 3.63) is 35.9 Å². The maximum atomic E-state index is 12.8. The molecule has 0 spiro atoms. The Morgan fingerprint density at radius 1 is 0.800 bits per heavy atom. The minimum atomic E-state index is -0.466. The number of hydrogen-bond acceptors (Lipinski definition) is 9. The number of amides is 1. The van der Waals surface area contributed by atoms with Gasteiger partial charge in [-0.3, -0.25) is 4.79 Å². The monoisotopic (exact) mass is 415 g/mol. The number of carbonyl (C=O) groups excluding carboxylic acids is 1. The number of benzene rings is 2. The van der Waals surface area contributed by atoms with E-state index < -0.39 is 5.91 Å². The summed E-state index contributed by atoms with van der Waals surface area (Å²) in [5.41, 5.74) is 1.22. The van der Waals surface area contributed by atoms with Crippen molar-refractivity contribution in [1.82, 2.24) is 10.3 Å². The molecule has 10 heteroatoms. The van der Waals surface area contributed by atoms with Gasteiger partial charge in [0.05, 0.1) is 35.5 Å². The fourth-order valence-electron chi connectivity index (χ4n) is 2.84. The second-order valence-corrected chi connectivity index (χ2v) is 5.90. The third kappa shape index (κ3) is 3.93. The van der Waals surface area contributed by atoms with Crippen LogP contribution in [-0.2, 0) is 0 Å². The molecule has 0 saturated carbocycles. The first kappa shape index (κ1) is 20.8. The highest BCUT2D eigenvalue weighted by Gasteiger charge is 2.21. The van der Waals surface area contributed by atoms with Crippen LogP contribution in [0.15, 0.2) is 35.0 Å². The van der Waals surface area contributed by atoms with Crippen LogP contribution in [0.5, 0.6) is 28.7 Å². The molecule has 1 aromatic heterocycles. The van der Waals surface area contributed by atoms with Crippen LogP contribution in [0.2, 0.25) is 0 Å². The van der Waals surface area contributed by atoms with Gasteiger partial charge in [-0.2, -0.15) is 0 Å². The summed E-state index contributed by atoms with van der Waals surface area (Å²) in [6.45, 7) is 0. The zero-order valence-electron chi connectivity index (χ0n) is 17.1. The Bertz CT molecular complexity index is 1020. The SMILES string of the molecule is COc1ccc(-c2nonc2NC(=O)c2cc(OC)c(OC)c(OC)c2)cc1OC. The molecule has 0 unspecified atom stereocenters. The zero-order chi connectivity index (χ0) is 21.7. The first-order valence-electron chi connectivity index (χ1n) is 8.72. The average Bonchev–Trinajstić information content (AvgIpc) is 3.25. The van der Waals surface area contributed by atoms with Gasteiger partial charge in [0.25, 0.3) is 5.91 Å². The molecule has 0 saturated heterocycles. The van der Waals surface area contributed by atoms with Crippen molar-refractivity contribution in [2.45, 2.75) is 0 Å². The van der Waals surface area contributed by atoms with Crippen LogP contribution in [0.1, 0.15) is 10.4 Å². The fraction of sp³-hybridized carbons (Fsp3) is 0.250. The van der Waals surface area contributed by atoms with E-state index in [1.54, 1.807) is 18.2 Å². The second-order valence-electron chi connectivity index (χ2n) is 5.90. The van der Waals surface area contributed by atoms with Gasteiger partial charge >= 0.3 is 0 Å². The summed E-state index contributed by atoms with van der Waals surface area (Å²) in [5, 5.41) is 10.4. The largest absolute Gasteiger partial charge is 0.493 e. The molecular formula is C20H21N3O7. The van der Waals surface area contributed by atoms with Crippen molar-refractivity contribution in [2.75, 3.05) is 40.9 Å². The van der Waals surface area contributed by atoms with Gasteiger partial charge in [0.2, 0.25) is 11.6 Å². The molecule has 0 atom stereocenters. The smallest absolute Gasteiger partial charge is 0.257 e. The minimum absolute atomic E-state index is 0.140. The molecule has 1 N–H and O–H groups in total. The Balaban J connectivity index is 1.92. The fourth-order valence-corrected chi connectivity index (χ4v) is 2.84. The first-order chi connectivity index (χ1) is 14.6. The molecule has 2 aromatic carbocycles. The van der Waals surface area contributed by atoms with Crippen LogP contribution in [0, 0.1) is 0 Å². The van der Waals surface area contributed by atoms with Crippen LogP contribution >= 0.6 is 0 Å². The first-order valence-corrected chi connectivity index (χ1v) is 8.72. The second kappa shape index (κ2) is 9.03. The number of ether oxygens (including phenoxy) is 5. The predicted molar refractivity (Wildman–Crippen MR) is 107 cm³/mol. The van der Waals surface area contributed by atoms with Crippen molar-refractivity contribution in [2.24, 2.45) is 0 Å². The van der Waals surface area contributed by atoms with E-state index in [2.05, 4.69) is 15.6 Å². The number of anilines is 1. The van der Waals surface area contributed by atoms with Crippen molar-refractivity contribution in [3.8, 4) is 40.0 Å². The Morgan fingerprint density at radius 2 is 1.43 bits per heavy atom. The standard InChI is InChI=1S/C20H21N3O7/c1-25-13-7-6-11(8-14(13)26-2)17-19(23-30-22-17)21-20(24)12-9-15(27-3)18(29-5)16(10-12)28-4/h6-10H,1-5H3,(H,21,23,24). The topological polar surface area (TPSA) is 114 Å². The summed E-state index contributed by atoms with van der Waals surface area (Å²) in [4.78, 5) is 12.8. The lowest BCUT2D eigenvalue weighted by atomic mass is 10.1. The number of methoxy groups -OCH3 is 5. The van der Waals surface area contributed by atoms with Crippen molar-refractivity contribution in [1.29, 1.82) is 0 Å². The number of nitrogens with one attached hydrogen (secondary N) is 1. The molecule has 0 aliphatic rings. The summed E-state index contributed by atoms with van der Waals surface area (Å²) in [6, 6.07) is 8.22. The lowest BCUT2D eigenvalue weighted by Gasteiger charge is -2.13. The zero-order valence-corrected chi connectivity index (χ0v) is 17.1. The van der Waals surface area contributed by atoms with E-state index >= 15 is 0 Å². The molecule has 30 heavy (non-hydrogen) atoms. The lowest BCUT2D eigenvalue weighted by Crippen LogP contribution is -2.13. The molecule has 0 radical (unpaired) electrons. The molecule has 0 bridgehead atoms. The van der Waals surface area contributed by atoms with Crippen LogP contribution in [0.3, 0.4) is 0 Å². The van der Waals surface area contributed by atoms with E-state index in [0.717, 1.165) is 0 Å². The van der Waals surface area contributed by atoms with E-state index in [1.165, 1.54) is 47.7 Å². The Morgan fingerprint density at radius 3 is 2.00 bits per heavy atom. The number of hydrogen-bond donors (Lipinski definition) is 1. The van der Waals surface area contributed by atoms with Gasteiger partial charge in [0.15, 0.2) is 28.7 Å². The molecule has 158 valence electrons. The van der Waals surface area contributed by atoms with E-state index in [4.69, 9.17) is 28.3 Å². The number of rotatable bonds is 8. The summed E-state index contributed by atoms with van der Waals surface area (Å²) in [7, 11) is 7.48. The third-order valence-electron chi connectivity index (χ3n) is 4.30. The van der Waals surface area contributed by atoms with Crippen LogP contribution in [0.4, 0.5) is 5.82 Å². The van der Waals surface area contributed by atoms with Gasteiger partial charge in [0, 0.05) is 11.1 Å². The van der Waals surface area contributed by atoms with E-state index in [0.29, 0.717) is 40.0 Å². The molecule has 3 rings (SSSR count). The summed E-state index contributed by atoms with van der Waals surface area (Å²) >= 11 is 0. The molecule has 0 aliphatic carbocycles. The minimum Gasteiger partial charge on any atom is -0.493 e. The van der Waals surface area contributed by atoms with Crippen molar-refractivity contribution >= 4 is 11.7 Å². The molecule has 3 aromatic rings. The van der Waals surface area contributed by atoms with Crippen LogP contribution in [0.25, 0.3) is 11.3 Å². The highest BCUT2D eigenvalue weighted by Crippen LogP contribution is 2.39. The molecule has 0 fully saturated rings. The molecule has 1 amide bonds. The Kier molecular flexibility index (Phi) is 6.26. The number of nitrogens with zero attached hydrogens (tertiary/aromatic N) is 2. The van der Waals surface area contributed by atoms with Crippen LogP contribution in [-0.4, -0.2) is 51.8 Å². The maximum absolute atomic E-state index is 12.8. The molecular weight excluding hydrogens is 394 g/mol. The normalized spacial score (nSPS) is 10.3. The average molecular weight is 415 g/mol. The maximum Gasteiger partial charge on any atom is 0.257 e. The highest BCUT2D eigenvalue weighted by atomic mass is 16.6. The van der Waals surface area contributed by atoms with Crippen LogP contribution < -0.4 is 29.0 Å². The summed E-state index contributed by atoms with van der Waals surface area (Å²) < 4.78 is 31.2. The number of aromatic nitrogens is 2. The molecule has 0 aliphatic heterocycles. The van der Waals surface area contributed by atoms with Crippen molar-refractivity contribution in [3.63, 3.8) is 0 Å².